The highest BCUT2D eigenvalue weighted by atomic mass is 35.5. The van der Waals surface area contributed by atoms with Gasteiger partial charge in [-0.2, -0.15) is 4.31 Å². The number of nitrogens with one attached hydrogen (secondary N) is 1. The monoisotopic (exact) mass is 386 g/mol. The van der Waals surface area contributed by atoms with Crippen LogP contribution in [-0.4, -0.2) is 31.9 Å². The Labute approximate surface area is 151 Å². The highest BCUT2D eigenvalue weighted by molar-refractivity contribution is 7.88. The molecule has 8 heteroatoms. The summed E-state index contributed by atoms with van der Waals surface area (Å²) in [4.78, 5) is 12.7. The number of amides is 1. The summed E-state index contributed by atoms with van der Waals surface area (Å²) >= 11 is 12.0. The normalized spacial score (nSPS) is 12.9. The van der Waals surface area contributed by atoms with E-state index in [2.05, 4.69) is 5.32 Å². The zero-order chi connectivity index (χ0) is 17.9. The molecule has 2 aromatic carbocycles. The third-order valence-electron chi connectivity index (χ3n) is 3.46. The van der Waals surface area contributed by atoms with E-state index in [-0.39, 0.29) is 5.02 Å². The van der Waals surface area contributed by atoms with Crippen molar-refractivity contribution in [2.75, 3.05) is 18.6 Å². The van der Waals surface area contributed by atoms with Gasteiger partial charge in [0, 0.05) is 7.05 Å². The lowest BCUT2D eigenvalue weighted by atomic mass is 10.1. The Morgan fingerprint density at radius 3 is 2.29 bits per heavy atom. The fourth-order valence-corrected chi connectivity index (χ4v) is 3.10. The van der Waals surface area contributed by atoms with Gasteiger partial charge >= 0.3 is 0 Å². The minimum Gasteiger partial charge on any atom is -0.323 e. The van der Waals surface area contributed by atoms with Crippen LogP contribution in [0.3, 0.4) is 0 Å². The Kier molecular flexibility index (Phi) is 5.87. The van der Waals surface area contributed by atoms with Crippen molar-refractivity contribution in [2.45, 2.75) is 6.04 Å². The van der Waals surface area contributed by atoms with E-state index in [9.17, 15) is 13.2 Å². The SMILES string of the molecule is CN([C@H](C(=O)Nc1cccc(Cl)c1Cl)c1ccccc1)S(C)(=O)=O. The number of likely N-dealkylation sites (N-methyl/N-ethyl adjacent to an activating group) is 1. The van der Waals surface area contributed by atoms with Gasteiger partial charge < -0.3 is 5.32 Å². The van der Waals surface area contributed by atoms with Crippen molar-refractivity contribution in [3.8, 4) is 0 Å². The van der Waals surface area contributed by atoms with Crippen LogP contribution >= 0.6 is 23.2 Å². The van der Waals surface area contributed by atoms with Crippen molar-refractivity contribution in [3.63, 3.8) is 0 Å². The Morgan fingerprint density at radius 2 is 1.71 bits per heavy atom. The fourth-order valence-electron chi connectivity index (χ4n) is 2.15. The molecule has 0 aliphatic heterocycles. The second-order valence-electron chi connectivity index (χ2n) is 5.18. The highest BCUT2D eigenvalue weighted by Crippen LogP contribution is 2.31. The van der Waals surface area contributed by atoms with Gasteiger partial charge in [-0.25, -0.2) is 8.42 Å². The van der Waals surface area contributed by atoms with Crippen LogP contribution in [0.5, 0.6) is 0 Å². The molecule has 0 aliphatic carbocycles. The number of sulfonamides is 1. The second kappa shape index (κ2) is 7.53. The first-order chi connectivity index (χ1) is 11.2. The van der Waals surface area contributed by atoms with E-state index in [0.29, 0.717) is 16.3 Å². The largest absolute Gasteiger partial charge is 0.323 e. The lowest BCUT2D eigenvalue weighted by Crippen LogP contribution is -2.38. The predicted molar refractivity (Wildman–Crippen MR) is 96.9 cm³/mol. The van der Waals surface area contributed by atoms with E-state index < -0.39 is 22.0 Å². The Hall–Kier alpha value is -1.60. The molecule has 24 heavy (non-hydrogen) atoms. The number of benzene rings is 2. The number of anilines is 1. The van der Waals surface area contributed by atoms with Crippen molar-refractivity contribution in [1.29, 1.82) is 0 Å². The van der Waals surface area contributed by atoms with Crippen molar-refractivity contribution in [1.82, 2.24) is 4.31 Å². The van der Waals surface area contributed by atoms with E-state index >= 15 is 0 Å². The summed E-state index contributed by atoms with van der Waals surface area (Å²) in [5.74, 6) is -0.529. The van der Waals surface area contributed by atoms with Gasteiger partial charge in [0.1, 0.15) is 6.04 Å². The summed E-state index contributed by atoms with van der Waals surface area (Å²) in [5, 5.41) is 3.13. The number of hydrogen-bond donors (Lipinski definition) is 1. The Morgan fingerprint density at radius 1 is 1.08 bits per heavy atom. The van der Waals surface area contributed by atoms with E-state index in [1.807, 2.05) is 0 Å². The molecule has 2 rings (SSSR count). The molecule has 0 bridgehead atoms. The second-order valence-corrected chi connectivity index (χ2v) is 8.01. The van der Waals surface area contributed by atoms with E-state index in [1.54, 1.807) is 48.5 Å². The third kappa shape index (κ3) is 4.27. The van der Waals surface area contributed by atoms with Crippen LogP contribution in [0, 0.1) is 0 Å². The predicted octanol–water partition coefficient (Wildman–Crippen LogP) is 3.56. The molecule has 1 N–H and O–H groups in total. The van der Waals surface area contributed by atoms with Crippen LogP contribution in [-0.2, 0) is 14.8 Å². The molecule has 128 valence electrons. The van der Waals surface area contributed by atoms with Gasteiger partial charge in [0.05, 0.1) is 22.0 Å². The average molecular weight is 387 g/mol. The van der Waals surface area contributed by atoms with Crippen LogP contribution < -0.4 is 5.32 Å². The smallest absolute Gasteiger partial charge is 0.247 e. The average Bonchev–Trinajstić information content (AvgIpc) is 2.52. The van der Waals surface area contributed by atoms with Gasteiger partial charge in [-0.3, -0.25) is 4.79 Å². The summed E-state index contributed by atoms with van der Waals surface area (Å²) in [6.07, 6.45) is 1.04. The molecule has 0 spiro atoms. The zero-order valence-corrected chi connectivity index (χ0v) is 15.4. The number of carbonyl (C=O) groups excluding carboxylic acids is 1. The summed E-state index contributed by atoms with van der Waals surface area (Å²) in [5.41, 5.74) is 0.859. The van der Waals surface area contributed by atoms with Crippen molar-refractivity contribution in [2.24, 2.45) is 0 Å². The molecule has 1 atom stereocenters. The Bertz CT molecular complexity index is 842. The standard InChI is InChI=1S/C16H16Cl2N2O3S/c1-20(24(2,22)23)15(11-7-4-3-5-8-11)16(21)19-13-10-6-9-12(17)14(13)18/h3-10,15H,1-2H3,(H,19,21)/t15-/m0/s1. The molecule has 0 fully saturated rings. The molecule has 0 radical (unpaired) electrons. The molecule has 0 heterocycles. The summed E-state index contributed by atoms with van der Waals surface area (Å²) in [6, 6.07) is 12.4. The summed E-state index contributed by atoms with van der Waals surface area (Å²) in [7, 11) is -2.24. The molecule has 0 unspecified atom stereocenters. The topological polar surface area (TPSA) is 66.5 Å². The number of rotatable bonds is 5. The van der Waals surface area contributed by atoms with Gasteiger partial charge in [-0.15, -0.1) is 0 Å². The first-order valence-corrected chi connectivity index (χ1v) is 9.55. The van der Waals surface area contributed by atoms with Gasteiger partial charge in [-0.05, 0) is 17.7 Å². The minimum atomic E-state index is -3.59. The lowest BCUT2D eigenvalue weighted by Gasteiger charge is -2.25. The first kappa shape index (κ1) is 18.7. The van der Waals surface area contributed by atoms with E-state index in [1.165, 1.54) is 7.05 Å². The van der Waals surface area contributed by atoms with Crippen molar-refractivity contribution in [3.05, 3.63) is 64.1 Å². The molecular formula is C16H16Cl2N2O3S. The van der Waals surface area contributed by atoms with Gasteiger partial charge in [0.2, 0.25) is 15.9 Å². The van der Waals surface area contributed by atoms with Gasteiger partial charge in [-0.1, -0.05) is 59.6 Å². The quantitative estimate of drug-likeness (QED) is 0.853. The zero-order valence-electron chi connectivity index (χ0n) is 13.0. The number of hydrogen-bond acceptors (Lipinski definition) is 3. The van der Waals surface area contributed by atoms with Crippen LogP contribution in [0.25, 0.3) is 0 Å². The highest BCUT2D eigenvalue weighted by Gasteiger charge is 2.31. The van der Waals surface area contributed by atoms with Crippen molar-refractivity contribution >= 4 is 44.8 Å². The maximum absolute atomic E-state index is 12.7. The van der Waals surface area contributed by atoms with Crippen LogP contribution in [0.1, 0.15) is 11.6 Å². The van der Waals surface area contributed by atoms with Crippen LogP contribution in [0.15, 0.2) is 48.5 Å². The molecule has 0 aromatic heterocycles. The Balaban J connectivity index is 2.40. The molecule has 2 aromatic rings. The van der Waals surface area contributed by atoms with Crippen LogP contribution in [0.2, 0.25) is 10.0 Å². The van der Waals surface area contributed by atoms with E-state index in [0.717, 1.165) is 10.6 Å². The van der Waals surface area contributed by atoms with Crippen molar-refractivity contribution < 1.29 is 13.2 Å². The molecule has 0 saturated carbocycles. The van der Waals surface area contributed by atoms with Gasteiger partial charge in [0.15, 0.2) is 0 Å². The maximum Gasteiger partial charge on any atom is 0.247 e. The molecule has 0 aliphatic rings. The fraction of sp³-hybridized carbons (Fsp3) is 0.188. The summed E-state index contributed by atoms with van der Waals surface area (Å²) < 4.78 is 24.9. The molecule has 1 amide bonds. The number of carbonyl (C=O) groups is 1. The number of halogens is 2. The molecular weight excluding hydrogens is 371 g/mol. The van der Waals surface area contributed by atoms with Gasteiger partial charge in [0.25, 0.3) is 0 Å². The number of nitrogens with zero attached hydrogens (tertiary/aromatic N) is 1. The van der Waals surface area contributed by atoms with Crippen LogP contribution in [0.4, 0.5) is 5.69 Å². The molecule has 5 nitrogen and oxygen atoms in total. The first-order valence-electron chi connectivity index (χ1n) is 6.94. The summed E-state index contributed by atoms with van der Waals surface area (Å²) in [6.45, 7) is 0. The van der Waals surface area contributed by atoms with E-state index in [4.69, 9.17) is 23.2 Å². The molecule has 0 saturated heterocycles. The maximum atomic E-state index is 12.7. The lowest BCUT2D eigenvalue weighted by molar-refractivity contribution is -0.119. The minimum absolute atomic E-state index is 0.196. The third-order valence-corrected chi connectivity index (χ3v) is 5.54.